The molecule has 36 heavy (non-hydrogen) atoms. The first-order valence-corrected chi connectivity index (χ1v) is 12.3. The molecular weight excluding hydrogens is 452 g/mol. The molecule has 1 unspecified atom stereocenters. The molecular formula is C29H26N4O3. The Morgan fingerprint density at radius 1 is 1.00 bits per heavy atom. The van der Waals surface area contributed by atoms with Gasteiger partial charge in [0.05, 0.1) is 12.1 Å². The van der Waals surface area contributed by atoms with Crippen molar-refractivity contribution in [2.75, 3.05) is 18.0 Å². The molecule has 7 nitrogen and oxygen atoms in total. The van der Waals surface area contributed by atoms with E-state index in [1.54, 1.807) is 6.07 Å². The zero-order chi connectivity index (χ0) is 24.8. The number of hydrogen-bond donors (Lipinski definition) is 0. The lowest BCUT2D eigenvalue weighted by molar-refractivity contribution is 0.0927. The van der Waals surface area contributed by atoms with Crippen LogP contribution in [0.1, 0.15) is 61.3 Å². The van der Waals surface area contributed by atoms with Gasteiger partial charge < -0.3 is 9.42 Å². The largest absolute Gasteiger partial charge is 0.347 e. The molecule has 0 saturated heterocycles. The van der Waals surface area contributed by atoms with Gasteiger partial charge >= 0.3 is 0 Å². The number of hydrogen-bond acceptors (Lipinski definition) is 7. The van der Waals surface area contributed by atoms with Crippen LogP contribution in [0.4, 0.5) is 5.82 Å². The normalized spacial score (nSPS) is 16.7. The van der Waals surface area contributed by atoms with E-state index >= 15 is 0 Å². The van der Waals surface area contributed by atoms with Crippen molar-refractivity contribution < 1.29 is 14.1 Å². The van der Waals surface area contributed by atoms with Crippen molar-refractivity contribution in [1.29, 1.82) is 0 Å². The van der Waals surface area contributed by atoms with E-state index in [2.05, 4.69) is 21.2 Å². The summed E-state index contributed by atoms with van der Waals surface area (Å²) in [7, 11) is 0. The second kappa shape index (κ2) is 8.82. The van der Waals surface area contributed by atoms with Crippen molar-refractivity contribution in [3.63, 3.8) is 0 Å². The lowest BCUT2D eigenvalue weighted by Gasteiger charge is -2.32. The molecule has 1 aliphatic heterocycles. The van der Waals surface area contributed by atoms with Crippen LogP contribution >= 0.6 is 0 Å². The third-order valence-corrected chi connectivity index (χ3v) is 7.21. The summed E-state index contributed by atoms with van der Waals surface area (Å²) in [6.45, 7) is 4.24. The van der Waals surface area contributed by atoms with Gasteiger partial charge in [-0.1, -0.05) is 47.6 Å². The van der Waals surface area contributed by atoms with Crippen LogP contribution in [0.15, 0.2) is 59.1 Å². The highest BCUT2D eigenvalue weighted by Crippen LogP contribution is 2.34. The van der Waals surface area contributed by atoms with Crippen molar-refractivity contribution in [1.82, 2.24) is 15.1 Å². The lowest BCUT2D eigenvalue weighted by atomic mass is 9.91. The van der Waals surface area contributed by atoms with Gasteiger partial charge in [-0.3, -0.25) is 9.59 Å². The average molecular weight is 479 g/mol. The number of aryl methyl sites for hydroxylation is 3. The summed E-state index contributed by atoms with van der Waals surface area (Å²) < 4.78 is 5.61. The third kappa shape index (κ3) is 3.81. The van der Waals surface area contributed by atoms with Crippen molar-refractivity contribution in [2.24, 2.45) is 0 Å². The summed E-state index contributed by atoms with van der Waals surface area (Å²) in [4.78, 5) is 38.2. The molecule has 3 heterocycles. The van der Waals surface area contributed by atoms with E-state index in [9.17, 15) is 9.59 Å². The van der Waals surface area contributed by atoms with Crippen LogP contribution < -0.4 is 4.90 Å². The summed E-state index contributed by atoms with van der Waals surface area (Å²) in [6, 6.07) is 17.4. The van der Waals surface area contributed by atoms with E-state index in [0.29, 0.717) is 17.2 Å². The summed E-state index contributed by atoms with van der Waals surface area (Å²) in [5.41, 5.74) is 6.33. The predicted octanol–water partition coefficient (Wildman–Crippen LogP) is 4.91. The number of pyridine rings is 1. The molecule has 2 aliphatic rings. The van der Waals surface area contributed by atoms with Gasteiger partial charge in [0.2, 0.25) is 11.7 Å². The highest BCUT2D eigenvalue weighted by molar-refractivity contribution is 6.08. The maximum atomic E-state index is 13.5. The van der Waals surface area contributed by atoms with Gasteiger partial charge in [-0.05, 0) is 61.9 Å². The predicted molar refractivity (Wildman–Crippen MR) is 136 cm³/mol. The Labute approximate surface area is 209 Å². The fraction of sp³-hybridized carbons (Fsp3) is 0.276. The number of rotatable bonds is 5. The molecule has 0 bridgehead atoms. The molecule has 2 aromatic carbocycles. The summed E-state index contributed by atoms with van der Waals surface area (Å²) >= 11 is 0. The molecule has 0 N–H and O–H groups in total. The zero-order valence-corrected chi connectivity index (χ0v) is 20.3. The molecule has 6 rings (SSSR count). The maximum Gasteiger partial charge on any atom is 0.239 e. The van der Waals surface area contributed by atoms with E-state index in [4.69, 9.17) is 4.52 Å². The molecule has 0 radical (unpaired) electrons. The van der Waals surface area contributed by atoms with E-state index in [1.165, 1.54) is 5.56 Å². The molecule has 4 aromatic rings. The summed E-state index contributed by atoms with van der Waals surface area (Å²) in [5.74, 6) is 0.468. The minimum atomic E-state index is -0.679. The molecule has 2 aromatic heterocycles. The summed E-state index contributed by atoms with van der Waals surface area (Å²) in [5, 5.41) is 4.16. The monoisotopic (exact) mass is 478 g/mol. The van der Waals surface area contributed by atoms with Crippen LogP contribution in [0.25, 0.3) is 11.4 Å². The van der Waals surface area contributed by atoms with Gasteiger partial charge in [-0.15, -0.1) is 0 Å². The van der Waals surface area contributed by atoms with Crippen LogP contribution in [0.2, 0.25) is 0 Å². The Kier molecular flexibility index (Phi) is 5.48. The summed E-state index contributed by atoms with van der Waals surface area (Å²) in [6.07, 6.45) is 3.01. The Hall–Kier alpha value is -4.13. The van der Waals surface area contributed by atoms with Crippen LogP contribution in [0.5, 0.6) is 0 Å². The first-order valence-electron chi connectivity index (χ1n) is 12.3. The van der Waals surface area contributed by atoms with E-state index in [0.717, 1.165) is 47.2 Å². The van der Waals surface area contributed by atoms with Crippen LogP contribution in [0.3, 0.4) is 0 Å². The highest BCUT2D eigenvalue weighted by Gasteiger charge is 2.38. The van der Waals surface area contributed by atoms with Gasteiger partial charge in [-0.25, -0.2) is 4.98 Å². The fourth-order valence-electron chi connectivity index (χ4n) is 5.33. The molecule has 0 amide bonds. The standard InChI is InChI=1S/C29H26N4O3/c1-17-7-3-4-10-20(17)27-31-29(36-32-27)24-15-33(28-23(26(24)35)14-13-18(2)30-28)16-25(34)22-12-6-9-19-8-5-11-21(19)22/h3-4,6-7,9-10,12-14,24H,5,8,11,15-16H2,1-2H3. The second-order valence-corrected chi connectivity index (χ2v) is 9.61. The zero-order valence-electron chi connectivity index (χ0n) is 20.3. The maximum absolute atomic E-state index is 13.5. The number of benzene rings is 2. The van der Waals surface area contributed by atoms with Crippen molar-refractivity contribution in [3.8, 4) is 11.4 Å². The van der Waals surface area contributed by atoms with Gasteiger partial charge in [0.25, 0.3) is 0 Å². The van der Waals surface area contributed by atoms with E-state index in [1.807, 2.05) is 61.2 Å². The van der Waals surface area contributed by atoms with Crippen molar-refractivity contribution in [2.45, 2.75) is 39.0 Å². The van der Waals surface area contributed by atoms with Crippen molar-refractivity contribution >= 4 is 17.4 Å². The number of nitrogens with zero attached hydrogens (tertiary/aromatic N) is 4. The Bertz CT molecular complexity index is 1510. The smallest absolute Gasteiger partial charge is 0.239 e. The Morgan fingerprint density at radius 3 is 2.72 bits per heavy atom. The van der Waals surface area contributed by atoms with Gasteiger partial charge in [-0.2, -0.15) is 4.98 Å². The Morgan fingerprint density at radius 2 is 1.86 bits per heavy atom. The molecule has 180 valence electrons. The Balaban J connectivity index is 1.35. The SMILES string of the molecule is Cc1ccc2c(n1)N(CC(=O)c1cccc3c1CCC3)CC(c1nc(-c3ccccc3C)no1)C2=O. The molecule has 0 saturated carbocycles. The van der Waals surface area contributed by atoms with E-state index < -0.39 is 5.92 Å². The van der Waals surface area contributed by atoms with Crippen LogP contribution in [-0.2, 0) is 12.8 Å². The molecule has 0 fully saturated rings. The average Bonchev–Trinajstić information content (AvgIpc) is 3.56. The number of Topliss-reactive ketones (excluding diaryl/α,β-unsaturated/α-hetero) is 2. The second-order valence-electron chi connectivity index (χ2n) is 9.61. The fourth-order valence-corrected chi connectivity index (χ4v) is 5.33. The number of fused-ring (bicyclic) bond motifs is 2. The highest BCUT2D eigenvalue weighted by atomic mass is 16.5. The van der Waals surface area contributed by atoms with Crippen LogP contribution in [0, 0.1) is 13.8 Å². The first kappa shape index (κ1) is 22.3. The third-order valence-electron chi connectivity index (χ3n) is 7.21. The number of carbonyl (C=O) groups excluding carboxylic acids is 2. The molecule has 0 spiro atoms. The van der Waals surface area contributed by atoms with Gasteiger partial charge in [0, 0.05) is 23.4 Å². The number of aromatic nitrogens is 3. The van der Waals surface area contributed by atoms with Crippen molar-refractivity contribution in [3.05, 3.63) is 94.0 Å². The van der Waals surface area contributed by atoms with E-state index in [-0.39, 0.29) is 30.5 Å². The molecule has 1 aliphatic carbocycles. The number of anilines is 1. The lowest BCUT2D eigenvalue weighted by Crippen LogP contribution is -2.42. The molecule has 1 atom stereocenters. The van der Waals surface area contributed by atoms with Crippen LogP contribution in [-0.4, -0.2) is 39.8 Å². The topological polar surface area (TPSA) is 89.2 Å². The minimum Gasteiger partial charge on any atom is -0.347 e. The number of ketones is 2. The van der Waals surface area contributed by atoms with Gasteiger partial charge in [0.1, 0.15) is 11.7 Å². The number of carbonyl (C=O) groups is 2. The van der Waals surface area contributed by atoms with Gasteiger partial charge in [0.15, 0.2) is 11.6 Å². The quantitative estimate of drug-likeness (QED) is 0.377. The minimum absolute atomic E-state index is 0.0298. The first-order chi connectivity index (χ1) is 17.5. The molecule has 7 heteroatoms.